The largest absolute Gasteiger partial charge is 0.383 e. The van der Waals surface area contributed by atoms with Crippen LogP contribution in [0.4, 0.5) is 5.69 Å². The van der Waals surface area contributed by atoms with E-state index in [1.165, 1.54) is 16.2 Å². The summed E-state index contributed by atoms with van der Waals surface area (Å²) in [6, 6.07) is 10.5. The first-order valence-corrected chi connectivity index (χ1v) is 10.9. The Morgan fingerprint density at radius 2 is 1.87 bits per heavy atom. The van der Waals surface area contributed by atoms with Gasteiger partial charge in [-0.25, -0.2) is 0 Å². The zero-order valence-corrected chi connectivity index (χ0v) is 17.6. The summed E-state index contributed by atoms with van der Waals surface area (Å²) in [5.41, 5.74) is 3.01. The van der Waals surface area contributed by atoms with E-state index in [9.17, 15) is 14.4 Å². The Bertz CT molecular complexity index is 1060. The Morgan fingerprint density at radius 3 is 2.60 bits per heavy atom. The van der Waals surface area contributed by atoms with Gasteiger partial charge < -0.3 is 9.64 Å². The van der Waals surface area contributed by atoms with Crippen molar-refractivity contribution in [2.24, 2.45) is 11.8 Å². The summed E-state index contributed by atoms with van der Waals surface area (Å²) in [7, 11) is 1.54. The van der Waals surface area contributed by atoms with Gasteiger partial charge in [-0.3, -0.25) is 19.3 Å². The van der Waals surface area contributed by atoms with Crippen LogP contribution in [-0.4, -0.2) is 54.8 Å². The minimum atomic E-state index is -0.701. The number of likely N-dealkylation sites (tertiary alicyclic amines) is 1. The second kappa shape index (κ2) is 7.18. The highest BCUT2D eigenvalue weighted by atomic mass is 32.1. The summed E-state index contributed by atoms with van der Waals surface area (Å²) in [6.45, 7) is 2.52. The standard InChI is InChI=1S/C23H22N2O4S/c1-13-12-16-18-19(23(28)24(22(18)27)9-10-29-2)20(21(26)17-8-5-11-30-17)25(16)15-7-4-3-6-14(13)15/h3-8,11-12,16,18-20H,9-10H2,1-2H3/t16-,18-,19-,20-/m1/s1. The second-order valence-corrected chi connectivity index (χ2v) is 8.87. The molecule has 2 aromatic rings. The van der Waals surface area contributed by atoms with Crippen molar-refractivity contribution < 1.29 is 19.1 Å². The average molecular weight is 423 g/mol. The van der Waals surface area contributed by atoms with E-state index in [0.29, 0.717) is 4.88 Å². The quantitative estimate of drug-likeness (QED) is 0.548. The molecule has 154 valence electrons. The maximum atomic E-state index is 13.6. The van der Waals surface area contributed by atoms with Gasteiger partial charge in [-0.2, -0.15) is 0 Å². The summed E-state index contributed by atoms with van der Waals surface area (Å²) in [6.07, 6.45) is 2.05. The first-order valence-electron chi connectivity index (χ1n) is 10.0. The van der Waals surface area contributed by atoms with Crippen LogP contribution in [0.15, 0.2) is 47.9 Å². The molecule has 1 aromatic heterocycles. The summed E-state index contributed by atoms with van der Waals surface area (Å²) >= 11 is 1.37. The minimum absolute atomic E-state index is 0.0972. The molecule has 0 unspecified atom stereocenters. The van der Waals surface area contributed by atoms with Crippen molar-refractivity contribution in [2.45, 2.75) is 19.0 Å². The predicted molar refractivity (Wildman–Crippen MR) is 114 cm³/mol. The number of allylic oxidation sites excluding steroid dienone is 1. The summed E-state index contributed by atoms with van der Waals surface area (Å²) in [5, 5.41) is 1.86. The number of para-hydroxylation sites is 1. The topological polar surface area (TPSA) is 66.9 Å². The van der Waals surface area contributed by atoms with Gasteiger partial charge in [-0.05, 0) is 30.0 Å². The number of hydrogen-bond donors (Lipinski definition) is 0. The molecule has 4 heterocycles. The number of carbonyl (C=O) groups excluding carboxylic acids is 3. The summed E-state index contributed by atoms with van der Waals surface area (Å²) < 4.78 is 5.09. The van der Waals surface area contributed by atoms with Crippen LogP contribution in [0.2, 0.25) is 0 Å². The van der Waals surface area contributed by atoms with E-state index < -0.39 is 17.9 Å². The SMILES string of the molecule is COCCN1C(=O)[C@@H]2[C@H](C1=O)[C@H]1C=C(C)c3ccccc3N1[C@H]2C(=O)c1cccs1. The lowest BCUT2D eigenvalue weighted by atomic mass is 9.86. The number of methoxy groups -OCH3 is 1. The molecule has 7 heteroatoms. The number of amides is 2. The summed E-state index contributed by atoms with van der Waals surface area (Å²) in [4.78, 5) is 44.2. The zero-order chi connectivity index (χ0) is 21.0. The van der Waals surface area contributed by atoms with Crippen molar-refractivity contribution in [2.75, 3.05) is 25.2 Å². The zero-order valence-electron chi connectivity index (χ0n) is 16.8. The van der Waals surface area contributed by atoms with E-state index in [-0.39, 0.29) is 36.8 Å². The van der Waals surface area contributed by atoms with E-state index in [0.717, 1.165) is 16.8 Å². The average Bonchev–Trinajstić information content (AvgIpc) is 3.44. The molecule has 30 heavy (non-hydrogen) atoms. The number of thiophene rings is 1. The van der Waals surface area contributed by atoms with Crippen LogP contribution in [0.25, 0.3) is 5.57 Å². The first kappa shape index (κ1) is 19.2. The fourth-order valence-electron chi connectivity index (χ4n) is 5.13. The third-order valence-electron chi connectivity index (χ3n) is 6.40. The maximum Gasteiger partial charge on any atom is 0.235 e. The van der Waals surface area contributed by atoms with Crippen molar-refractivity contribution in [3.63, 3.8) is 0 Å². The van der Waals surface area contributed by atoms with Gasteiger partial charge >= 0.3 is 0 Å². The van der Waals surface area contributed by atoms with Crippen LogP contribution < -0.4 is 4.90 Å². The predicted octanol–water partition coefficient (Wildman–Crippen LogP) is 2.85. The number of rotatable bonds is 5. The third-order valence-corrected chi connectivity index (χ3v) is 7.28. The fourth-order valence-corrected chi connectivity index (χ4v) is 5.82. The van der Waals surface area contributed by atoms with Crippen LogP contribution in [0.5, 0.6) is 0 Å². The molecule has 5 rings (SSSR count). The van der Waals surface area contributed by atoms with Gasteiger partial charge in [0.2, 0.25) is 11.8 Å². The Kier molecular flexibility index (Phi) is 4.60. The van der Waals surface area contributed by atoms with Gasteiger partial charge in [0.15, 0.2) is 5.78 Å². The number of fused-ring (bicyclic) bond motifs is 5. The van der Waals surface area contributed by atoms with Gasteiger partial charge in [0.25, 0.3) is 0 Å². The van der Waals surface area contributed by atoms with Crippen molar-refractivity contribution in [3.05, 3.63) is 58.3 Å². The van der Waals surface area contributed by atoms with Crippen molar-refractivity contribution in [1.29, 1.82) is 0 Å². The number of nitrogens with zero attached hydrogens (tertiary/aromatic N) is 2. The molecule has 4 atom stereocenters. The Balaban J connectivity index is 1.65. The van der Waals surface area contributed by atoms with Gasteiger partial charge in [0, 0.05) is 18.4 Å². The monoisotopic (exact) mass is 422 g/mol. The molecule has 3 aliphatic heterocycles. The lowest BCUT2D eigenvalue weighted by molar-refractivity contribution is -0.141. The molecule has 0 aliphatic carbocycles. The maximum absolute atomic E-state index is 13.6. The lowest BCUT2D eigenvalue weighted by Crippen LogP contribution is -2.49. The van der Waals surface area contributed by atoms with Crippen molar-refractivity contribution in [1.82, 2.24) is 4.90 Å². The molecule has 0 bridgehead atoms. The number of Topliss-reactive ketones (excluding diaryl/α,β-unsaturated/α-hetero) is 1. The number of anilines is 1. The van der Waals surface area contributed by atoms with Gasteiger partial charge in [0.1, 0.15) is 6.04 Å². The molecule has 1 aromatic carbocycles. The number of hydrogen-bond acceptors (Lipinski definition) is 6. The third kappa shape index (κ3) is 2.62. The minimum Gasteiger partial charge on any atom is -0.383 e. The molecule has 0 N–H and O–H groups in total. The molecule has 3 aliphatic rings. The summed E-state index contributed by atoms with van der Waals surface area (Å²) in [5.74, 6) is -1.83. The van der Waals surface area contributed by atoms with Crippen molar-refractivity contribution in [3.8, 4) is 0 Å². The molecule has 0 spiro atoms. The van der Waals surface area contributed by atoms with Crippen LogP contribution in [0, 0.1) is 11.8 Å². The fraction of sp³-hybridized carbons (Fsp3) is 0.348. The highest BCUT2D eigenvalue weighted by molar-refractivity contribution is 7.12. The highest BCUT2D eigenvalue weighted by Gasteiger charge is 2.64. The normalized spacial score (nSPS) is 27.1. The molecule has 6 nitrogen and oxygen atoms in total. The van der Waals surface area contributed by atoms with Crippen molar-refractivity contribution >= 4 is 40.2 Å². The molecule has 2 fully saturated rings. The van der Waals surface area contributed by atoms with E-state index in [1.54, 1.807) is 13.2 Å². The van der Waals surface area contributed by atoms with E-state index in [4.69, 9.17) is 4.74 Å². The molecular weight excluding hydrogens is 400 g/mol. The molecule has 0 saturated carbocycles. The van der Waals surface area contributed by atoms with Crippen LogP contribution >= 0.6 is 11.3 Å². The second-order valence-electron chi connectivity index (χ2n) is 7.92. The number of carbonyl (C=O) groups is 3. The van der Waals surface area contributed by atoms with E-state index >= 15 is 0 Å². The van der Waals surface area contributed by atoms with Gasteiger partial charge in [-0.15, -0.1) is 11.3 Å². The van der Waals surface area contributed by atoms with Gasteiger partial charge in [0.05, 0.1) is 35.9 Å². The molecule has 2 saturated heterocycles. The Hall–Kier alpha value is -2.77. The number of ether oxygens (including phenoxy) is 1. The van der Waals surface area contributed by atoms with Gasteiger partial charge in [-0.1, -0.05) is 30.3 Å². The Labute approximate surface area is 178 Å². The number of imide groups is 1. The lowest BCUT2D eigenvalue weighted by Gasteiger charge is -2.37. The molecule has 2 amide bonds. The van der Waals surface area contributed by atoms with Crippen LogP contribution in [0.1, 0.15) is 22.2 Å². The highest BCUT2D eigenvalue weighted by Crippen LogP contribution is 2.50. The van der Waals surface area contributed by atoms with Crippen LogP contribution in [0.3, 0.4) is 0 Å². The van der Waals surface area contributed by atoms with E-state index in [2.05, 4.69) is 0 Å². The smallest absolute Gasteiger partial charge is 0.235 e. The molecular formula is C23H22N2O4S. The number of benzene rings is 1. The first-order chi connectivity index (χ1) is 14.5. The van der Waals surface area contributed by atoms with E-state index in [1.807, 2.05) is 53.6 Å². The Morgan fingerprint density at radius 1 is 1.10 bits per heavy atom. The van der Waals surface area contributed by atoms with Crippen LogP contribution in [-0.2, 0) is 14.3 Å². The number of ketones is 1. The molecule has 0 radical (unpaired) electrons.